The summed E-state index contributed by atoms with van der Waals surface area (Å²) in [5.41, 5.74) is 0. The molecule has 2 aliphatic heterocycles. The molecule has 0 spiro atoms. The molecule has 0 saturated carbocycles. The van der Waals surface area contributed by atoms with Crippen LogP contribution in [0.3, 0.4) is 0 Å². The molecule has 2 heterocycles. The standard InChI is InChI=1S/C10H20B2O6/c11-9-1-5(14)8(17-9)4-15-18-6-2-10(12)16-7(6)3-13/h5-10,13-14H,1-4,11-12H2/t5?,6?,7-,8-,9-,10-/m1/s1. The largest absolute Gasteiger partial charge is 0.394 e. The maximum absolute atomic E-state index is 9.67. The van der Waals surface area contributed by atoms with Crippen molar-refractivity contribution in [2.45, 2.75) is 49.3 Å². The van der Waals surface area contributed by atoms with Crippen molar-refractivity contribution in [1.29, 1.82) is 0 Å². The van der Waals surface area contributed by atoms with E-state index in [1.807, 2.05) is 15.7 Å². The van der Waals surface area contributed by atoms with Crippen LogP contribution in [-0.4, -0.2) is 75.5 Å². The molecule has 102 valence electrons. The number of ether oxygens (including phenoxy) is 2. The highest BCUT2D eigenvalue weighted by Gasteiger charge is 2.35. The zero-order valence-corrected chi connectivity index (χ0v) is 10.8. The second-order valence-electron chi connectivity index (χ2n) is 5.11. The van der Waals surface area contributed by atoms with Gasteiger partial charge in [-0.1, -0.05) is 0 Å². The number of aliphatic hydroxyl groups is 2. The highest BCUT2D eigenvalue weighted by Crippen LogP contribution is 2.23. The molecule has 18 heavy (non-hydrogen) atoms. The summed E-state index contributed by atoms with van der Waals surface area (Å²) in [6, 6.07) is 0.109. The van der Waals surface area contributed by atoms with Crippen LogP contribution in [0.4, 0.5) is 0 Å². The van der Waals surface area contributed by atoms with Crippen LogP contribution in [0.2, 0.25) is 0 Å². The van der Waals surface area contributed by atoms with E-state index in [0.717, 1.165) is 0 Å². The lowest BCUT2D eigenvalue weighted by atomic mass is 9.96. The van der Waals surface area contributed by atoms with Crippen molar-refractivity contribution in [2.24, 2.45) is 0 Å². The Morgan fingerprint density at radius 3 is 2.39 bits per heavy atom. The van der Waals surface area contributed by atoms with E-state index < -0.39 is 6.10 Å². The van der Waals surface area contributed by atoms with Crippen molar-refractivity contribution in [1.82, 2.24) is 0 Å². The van der Waals surface area contributed by atoms with Gasteiger partial charge in [-0.05, 0) is 12.8 Å². The van der Waals surface area contributed by atoms with E-state index in [-0.39, 0.29) is 43.5 Å². The van der Waals surface area contributed by atoms with Gasteiger partial charge in [0.15, 0.2) is 0 Å². The average molecular weight is 258 g/mol. The van der Waals surface area contributed by atoms with Crippen LogP contribution in [0.15, 0.2) is 0 Å². The van der Waals surface area contributed by atoms with Crippen molar-refractivity contribution < 1.29 is 29.5 Å². The van der Waals surface area contributed by atoms with Gasteiger partial charge in [0.05, 0.1) is 12.7 Å². The van der Waals surface area contributed by atoms with Crippen molar-refractivity contribution in [3.05, 3.63) is 0 Å². The molecule has 2 unspecified atom stereocenters. The zero-order chi connectivity index (χ0) is 13.1. The third-order valence-electron chi connectivity index (χ3n) is 3.40. The second kappa shape index (κ2) is 6.36. The molecule has 0 radical (unpaired) electrons. The summed E-state index contributed by atoms with van der Waals surface area (Å²) >= 11 is 0. The Balaban J connectivity index is 1.69. The van der Waals surface area contributed by atoms with Gasteiger partial charge in [0.2, 0.25) is 0 Å². The van der Waals surface area contributed by atoms with E-state index in [9.17, 15) is 5.11 Å². The van der Waals surface area contributed by atoms with E-state index in [2.05, 4.69) is 0 Å². The second-order valence-corrected chi connectivity index (χ2v) is 5.11. The molecule has 0 aliphatic carbocycles. The van der Waals surface area contributed by atoms with Crippen LogP contribution in [0.1, 0.15) is 12.8 Å². The first-order chi connectivity index (χ1) is 8.60. The number of aliphatic hydroxyl groups excluding tert-OH is 2. The van der Waals surface area contributed by atoms with Crippen LogP contribution in [-0.2, 0) is 19.2 Å². The minimum Gasteiger partial charge on any atom is -0.394 e. The summed E-state index contributed by atoms with van der Waals surface area (Å²) < 4.78 is 10.9. The lowest BCUT2D eigenvalue weighted by molar-refractivity contribution is -0.341. The van der Waals surface area contributed by atoms with Crippen LogP contribution in [0.25, 0.3) is 0 Å². The van der Waals surface area contributed by atoms with Crippen LogP contribution in [0.5, 0.6) is 0 Å². The Bertz CT molecular complexity index is 269. The molecule has 0 amide bonds. The summed E-state index contributed by atoms with van der Waals surface area (Å²) in [5.74, 6) is 0. The first-order valence-corrected chi connectivity index (χ1v) is 6.48. The molecular weight excluding hydrogens is 238 g/mol. The summed E-state index contributed by atoms with van der Waals surface area (Å²) in [4.78, 5) is 10.4. The predicted molar refractivity (Wildman–Crippen MR) is 67.6 cm³/mol. The topological polar surface area (TPSA) is 77.4 Å². The molecule has 0 bridgehead atoms. The van der Waals surface area contributed by atoms with Gasteiger partial charge in [-0.15, -0.1) is 0 Å². The maximum atomic E-state index is 9.67. The van der Waals surface area contributed by atoms with Crippen LogP contribution >= 0.6 is 0 Å². The smallest absolute Gasteiger partial charge is 0.139 e. The molecular formula is C10H20B2O6. The van der Waals surface area contributed by atoms with Gasteiger partial charge in [-0.2, -0.15) is 0 Å². The molecule has 8 heteroatoms. The van der Waals surface area contributed by atoms with Gasteiger partial charge in [-0.3, -0.25) is 0 Å². The monoisotopic (exact) mass is 258 g/mol. The molecule has 0 aromatic heterocycles. The molecule has 6 atom stereocenters. The third-order valence-corrected chi connectivity index (χ3v) is 3.40. The number of hydrogen-bond acceptors (Lipinski definition) is 6. The summed E-state index contributed by atoms with van der Waals surface area (Å²) in [5, 5.41) is 18.8. The Morgan fingerprint density at radius 1 is 1.11 bits per heavy atom. The van der Waals surface area contributed by atoms with Gasteiger partial charge < -0.3 is 19.7 Å². The summed E-state index contributed by atoms with van der Waals surface area (Å²) in [7, 11) is 3.84. The normalized spacial score (nSPS) is 44.6. The van der Waals surface area contributed by atoms with Gasteiger partial charge in [-0.25, -0.2) is 9.78 Å². The minimum atomic E-state index is -0.504. The summed E-state index contributed by atoms with van der Waals surface area (Å²) in [6.07, 6.45) is -0.135. The lowest BCUT2D eigenvalue weighted by Gasteiger charge is -2.18. The highest BCUT2D eigenvalue weighted by molar-refractivity contribution is 6.11. The van der Waals surface area contributed by atoms with Crippen molar-refractivity contribution in [3.8, 4) is 0 Å². The van der Waals surface area contributed by atoms with E-state index in [0.29, 0.717) is 12.8 Å². The number of hydrogen-bond donors (Lipinski definition) is 2. The number of rotatable bonds is 5. The van der Waals surface area contributed by atoms with Gasteiger partial charge in [0.1, 0.15) is 40.6 Å². The first kappa shape index (κ1) is 14.3. The Morgan fingerprint density at radius 2 is 1.78 bits per heavy atom. The molecule has 2 saturated heterocycles. The fourth-order valence-corrected chi connectivity index (χ4v) is 2.46. The van der Waals surface area contributed by atoms with Crippen molar-refractivity contribution in [2.75, 3.05) is 13.2 Å². The average Bonchev–Trinajstić information content (AvgIpc) is 2.82. The van der Waals surface area contributed by atoms with E-state index in [1.165, 1.54) is 0 Å². The van der Waals surface area contributed by atoms with E-state index in [4.69, 9.17) is 24.4 Å². The maximum Gasteiger partial charge on any atom is 0.139 e. The van der Waals surface area contributed by atoms with E-state index >= 15 is 0 Å². The Hall–Kier alpha value is -0.110. The molecule has 2 N–H and O–H groups in total. The lowest BCUT2D eigenvalue weighted by Crippen LogP contribution is -2.31. The predicted octanol–water partition coefficient (Wildman–Crippen LogP) is -2.85. The molecule has 2 rings (SSSR count). The first-order valence-electron chi connectivity index (χ1n) is 6.48. The SMILES string of the molecule is B[C@H]1CC(O)[C@@H](COOC2C[C@H](B)O[C@@H]2CO)O1. The third kappa shape index (κ3) is 3.46. The highest BCUT2D eigenvalue weighted by atomic mass is 17.2. The molecule has 2 aliphatic rings. The molecule has 0 aromatic rings. The zero-order valence-electron chi connectivity index (χ0n) is 10.8. The fraction of sp³-hybridized carbons (Fsp3) is 1.00. The quantitative estimate of drug-likeness (QED) is 0.314. The molecule has 2 fully saturated rings. The van der Waals surface area contributed by atoms with Crippen LogP contribution in [0, 0.1) is 0 Å². The Kier molecular flexibility index (Phi) is 5.06. The fourth-order valence-electron chi connectivity index (χ4n) is 2.46. The van der Waals surface area contributed by atoms with E-state index in [1.54, 1.807) is 0 Å². The Labute approximate surface area is 108 Å². The van der Waals surface area contributed by atoms with Gasteiger partial charge in [0, 0.05) is 12.0 Å². The van der Waals surface area contributed by atoms with Crippen molar-refractivity contribution in [3.63, 3.8) is 0 Å². The van der Waals surface area contributed by atoms with Gasteiger partial charge in [0.25, 0.3) is 0 Å². The van der Waals surface area contributed by atoms with Crippen molar-refractivity contribution >= 4 is 15.7 Å². The summed E-state index contributed by atoms with van der Waals surface area (Å²) in [6.45, 7) is 0.104. The van der Waals surface area contributed by atoms with Crippen LogP contribution < -0.4 is 0 Å². The van der Waals surface area contributed by atoms with Gasteiger partial charge >= 0.3 is 0 Å². The molecule has 6 nitrogen and oxygen atoms in total. The molecule has 0 aromatic carbocycles. The minimum absolute atomic E-state index is 0.0497.